The van der Waals surface area contributed by atoms with Crippen LogP contribution in [0.1, 0.15) is 5.56 Å². The zero-order chi connectivity index (χ0) is 16.3. The van der Waals surface area contributed by atoms with E-state index in [1.54, 1.807) is 12.1 Å². The molecular formula is C18H17ClN2O2S. The molecular weight excluding hydrogens is 344 g/mol. The van der Waals surface area contributed by atoms with Gasteiger partial charge in [0, 0.05) is 17.7 Å². The van der Waals surface area contributed by atoms with Gasteiger partial charge in [-0.1, -0.05) is 42.5 Å². The van der Waals surface area contributed by atoms with Gasteiger partial charge in [-0.15, -0.1) is 0 Å². The number of pyridine rings is 1. The van der Waals surface area contributed by atoms with Gasteiger partial charge in [-0.25, -0.2) is 18.1 Å². The summed E-state index contributed by atoms with van der Waals surface area (Å²) in [5.41, 5.74) is 3.35. The molecule has 1 aromatic heterocycles. The molecule has 0 saturated carbocycles. The van der Waals surface area contributed by atoms with E-state index in [0.717, 1.165) is 11.1 Å². The third-order valence-corrected chi connectivity index (χ3v) is 4.54. The lowest BCUT2D eigenvalue weighted by atomic mass is 10.1. The molecule has 2 aromatic carbocycles. The smallest absolute Gasteiger partial charge is 0.238 e. The summed E-state index contributed by atoms with van der Waals surface area (Å²) in [5, 5.41) is 5.10. The van der Waals surface area contributed by atoms with Crippen molar-refractivity contribution in [2.75, 3.05) is 0 Å². The summed E-state index contributed by atoms with van der Waals surface area (Å²) >= 11 is 0. The van der Waals surface area contributed by atoms with Crippen LogP contribution in [0.15, 0.2) is 84.0 Å². The highest BCUT2D eigenvalue weighted by atomic mass is 35.5. The Hall–Kier alpha value is -2.21. The number of halogens is 1. The zero-order valence-corrected chi connectivity index (χ0v) is 14.4. The van der Waals surface area contributed by atoms with Crippen LogP contribution in [0.5, 0.6) is 0 Å². The summed E-state index contributed by atoms with van der Waals surface area (Å²) in [5.74, 6) is 0. The molecule has 0 aliphatic rings. The average molecular weight is 361 g/mol. The number of primary sulfonamides is 1. The van der Waals surface area contributed by atoms with Crippen molar-refractivity contribution in [2.45, 2.75) is 11.4 Å². The molecule has 24 heavy (non-hydrogen) atoms. The number of nitrogens with zero attached hydrogens (tertiary/aromatic N) is 1. The van der Waals surface area contributed by atoms with Crippen molar-refractivity contribution in [3.05, 3.63) is 84.7 Å². The van der Waals surface area contributed by atoms with Crippen LogP contribution in [0, 0.1) is 0 Å². The lowest BCUT2D eigenvalue weighted by molar-refractivity contribution is -0.688. The van der Waals surface area contributed by atoms with Gasteiger partial charge in [0.25, 0.3) is 0 Å². The highest BCUT2D eigenvalue weighted by molar-refractivity contribution is 7.89. The summed E-state index contributed by atoms with van der Waals surface area (Å²) < 4.78 is 24.5. The Labute approximate surface area is 148 Å². The molecule has 2 N–H and O–H groups in total. The summed E-state index contributed by atoms with van der Waals surface area (Å²) in [6.07, 6.45) is 4.02. The largest absolute Gasteiger partial charge is 1.00 e. The van der Waals surface area contributed by atoms with Crippen LogP contribution >= 0.6 is 0 Å². The first kappa shape index (κ1) is 18.1. The Bertz CT molecular complexity index is 894. The minimum absolute atomic E-state index is 0. The predicted molar refractivity (Wildman–Crippen MR) is 89.0 cm³/mol. The summed E-state index contributed by atoms with van der Waals surface area (Å²) in [7, 11) is -3.64. The number of rotatable bonds is 4. The Morgan fingerprint density at radius 1 is 0.792 bits per heavy atom. The van der Waals surface area contributed by atoms with Gasteiger partial charge in [-0.05, 0) is 23.3 Å². The molecule has 0 unspecified atom stereocenters. The average Bonchev–Trinajstić information content (AvgIpc) is 2.56. The van der Waals surface area contributed by atoms with Crippen LogP contribution in [0.4, 0.5) is 0 Å². The van der Waals surface area contributed by atoms with Gasteiger partial charge >= 0.3 is 0 Å². The second-order valence-electron chi connectivity index (χ2n) is 5.31. The molecule has 0 aliphatic heterocycles. The fourth-order valence-electron chi connectivity index (χ4n) is 2.38. The quantitative estimate of drug-likeness (QED) is 0.628. The van der Waals surface area contributed by atoms with Crippen molar-refractivity contribution in [1.82, 2.24) is 0 Å². The molecule has 6 heteroatoms. The number of hydrogen-bond donors (Lipinski definition) is 1. The summed E-state index contributed by atoms with van der Waals surface area (Å²) in [4.78, 5) is 0.130. The molecule has 0 aliphatic carbocycles. The first-order chi connectivity index (χ1) is 11.0. The van der Waals surface area contributed by atoms with Crippen LogP contribution in [-0.2, 0) is 16.6 Å². The lowest BCUT2D eigenvalue weighted by Crippen LogP contribution is -3.00. The monoisotopic (exact) mass is 360 g/mol. The molecule has 3 aromatic rings. The van der Waals surface area contributed by atoms with Crippen molar-refractivity contribution < 1.29 is 25.4 Å². The Morgan fingerprint density at radius 2 is 1.33 bits per heavy atom. The SMILES string of the molecule is NS(=O)(=O)c1ccc(C[n+]2ccc(-c3ccccc3)cc2)cc1.[Cl-]. The number of aromatic nitrogens is 1. The second-order valence-corrected chi connectivity index (χ2v) is 6.88. The molecule has 3 rings (SSSR count). The van der Waals surface area contributed by atoms with Crippen molar-refractivity contribution in [1.29, 1.82) is 0 Å². The van der Waals surface area contributed by atoms with Crippen LogP contribution in [0.25, 0.3) is 11.1 Å². The van der Waals surface area contributed by atoms with E-state index in [0.29, 0.717) is 6.54 Å². The minimum atomic E-state index is -3.64. The second kappa shape index (κ2) is 7.57. The number of benzene rings is 2. The fourth-order valence-corrected chi connectivity index (χ4v) is 2.90. The molecule has 0 fully saturated rings. The number of nitrogens with two attached hydrogens (primary N) is 1. The van der Waals surface area contributed by atoms with Gasteiger partial charge in [0.15, 0.2) is 18.9 Å². The standard InChI is InChI=1S/C18H17N2O2S.ClH/c19-23(21,22)18-8-6-15(7-9-18)14-20-12-10-17(11-13-20)16-4-2-1-3-5-16;/h1-13H,14H2,(H2,19,21,22);1H/q+1;/p-1. The molecule has 124 valence electrons. The van der Waals surface area contributed by atoms with Crippen LogP contribution in [-0.4, -0.2) is 8.42 Å². The predicted octanol–water partition coefficient (Wildman–Crippen LogP) is -0.659. The van der Waals surface area contributed by atoms with E-state index in [-0.39, 0.29) is 17.3 Å². The van der Waals surface area contributed by atoms with Crippen LogP contribution < -0.4 is 22.1 Å². The van der Waals surface area contributed by atoms with Gasteiger partial charge in [-0.3, -0.25) is 0 Å². The molecule has 0 radical (unpaired) electrons. The molecule has 4 nitrogen and oxygen atoms in total. The maximum atomic E-state index is 11.2. The normalized spacial score (nSPS) is 10.9. The van der Waals surface area contributed by atoms with Gasteiger partial charge in [-0.2, -0.15) is 0 Å². The number of hydrogen-bond acceptors (Lipinski definition) is 2. The van der Waals surface area contributed by atoms with Gasteiger partial charge in [0.1, 0.15) is 0 Å². The van der Waals surface area contributed by atoms with Crippen molar-refractivity contribution in [2.24, 2.45) is 5.14 Å². The summed E-state index contributed by atoms with van der Waals surface area (Å²) in [6.45, 7) is 0.667. The van der Waals surface area contributed by atoms with Gasteiger partial charge in [0.05, 0.1) is 4.90 Å². The first-order valence-electron chi connectivity index (χ1n) is 7.19. The number of sulfonamides is 1. The van der Waals surface area contributed by atoms with Crippen molar-refractivity contribution in [3.63, 3.8) is 0 Å². The van der Waals surface area contributed by atoms with E-state index < -0.39 is 10.0 Å². The minimum Gasteiger partial charge on any atom is -1.00 e. The van der Waals surface area contributed by atoms with Crippen LogP contribution in [0.3, 0.4) is 0 Å². The van der Waals surface area contributed by atoms with Gasteiger partial charge in [0.2, 0.25) is 10.0 Å². The summed E-state index contributed by atoms with van der Waals surface area (Å²) in [6, 6.07) is 20.9. The molecule has 0 amide bonds. The molecule has 0 bridgehead atoms. The fraction of sp³-hybridized carbons (Fsp3) is 0.0556. The van der Waals surface area contributed by atoms with E-state index >= 15 is 0 Å². The van der Waals surface area contributed by atoms with Crippen molar-refractivity contribution >= 4 is 10.0 Å². The molecule has 0 spiro atoms. The van der Waals surface area contributed by atoms with Crippen molar-refractivity contribution in [3.8, 4) is 11.1 Å². The topological polar surface area (TPSA) is 64.0 Å². The van der Waals surface area contributed by atoms with E-state index in [1.807, 2.05) is 35.2 Å². The maximum Gasteiger partial charge on any atom is 0.238 e. The van der Waals surface area contributed by atoms with E-state index in [2.05, 4.69) is 24.3 Å². The zero-order valence-electron chi connectivity index (χ0n) is 12.8. The molecule has 0 atom stereocenters. The van der Waals surface area contributed by atoms with Crippen LogP contribution in [0.2, 0.25) is 0 Å². The highest BCUT2D eigenvalue weighted by Crippen LogP contribution is 2.16. The lowest BCUT2D eigenvalue weighted by Gasteiger charge is -2.02. The first-order valence-corrected chi connectivity index (χ1v) is 8.73. The third-order valence-electron chi connectivity index (χ3n) is 3.62. The highest BCUT2D eigenvalue weighted by Gasteiger charge is 2.09. The van der Waals surface area contributed by atoms with E-state index in [1.165, 1.54) is 17.7 Å². The van der Waals surface area contributed by atoms with E-state index in [9.17, 15) is 8.42 Å². The molecule has 1 heterocycles. The maximum absolute atomic E-state index is 11.2. The third kappa shape index (κ3) is 4.41. The van der Waals surface area contributed by atoms with E-state index in [4.69, 9.17) is 5.14 Å². The Morgan fingerprint density at radius 3 is 1.88 bits per heavy atom. The Balaban J connectivity index is 0.00000208. The van der Waals surface area contributed by atoms with Gasteiger partial charge < -0.3 is 12.4 Å². The molecule has 0 saturated heterocycles. The Kier molecular flexibility index (Phi) is 5.72.